The van der Waals surface area contributed by atoms with Crippen LogP contribution in [0.2, 0.25) is 0 Å². The van der Waals surface area contributed by atoms with Crippen LogP contribution in [0.25, 0.3) is 0 Å². The smallest absolute Gasteiger partial charge is 0.355 e. The SMILES string of the molecule is Cc1cc(C=O)[nH]c1C(=O)OCc1ccccc1. The van der Waals surface area contributed by atoms with Gasteiger partial charge in [-0.25, -0.2) is 4.79 Å². The van der Waals surface area contributed by atoms with Crippen molar-refractivity contribution in [1.82, 2.24) is 4.98 Å². The molecule has 18 heavy (non-hydrogen) atoms. The average molecular weight is 243 g/mol. The van der Waals surface area contributed by atoms with E-state index in [1.54, 1.807) is 13.0 Å². The van der Waals surface area contributed by atoms with Crippen molar-refractivity contribution in [2.24, 2.45) is 0 Å². The summed E-state index contributed by atoms with van der Waals surface area (Å²) in [5.41, 5.74) is 2.33. The first-order valence-corrected chi connectivity index (χ1v) is 5.56. The van der Waals surface area contributed by atoms with Crippen LogP contribution in [0.5, 0.6) is 0 Å². The van der Waals surface area contributed by atoms with Gasteiger partial charge in [-0.15, -0.1) is 0 Å². The summed E-state index contributed by atoms with van der Waals surface area (Å²) in [6, 6.07) is 11.0. The van der Waals surface area contributed by atoms with Crippen LogP contribution in [0.4, 0.5) is 0 Å². The minimum atomic E-state index is -0.454. The van der Waals surface area contributed by atoms with Crippen LogP contribution in [0.15, 0.2) is 36.4 Å². The Morgan fingerprint density at radius 2 is 2.06 bits per heavy atom. The summed E-state index contributed by atoms with van der Waals surface area (Å²) in [6.07, 6.45) is 0.668. The van der Waals surface area contributed by atoms with Crippen molar-refractivity contribution < 1.29 is 14.3 Å². The summed E-state index contributed by atoms with van der Waals surface area (Å²) in [6.45, 7) is 1.97. The summed E-state index contributed by atoms with van der Waals surface area (Å²) in [5, 5.41) is 0. The van der Waals surface area contributed by atoms with Gasteiger partial charge in [-0.2, -0.15) is 0 Å². The number of aromatic amines is 1. The average Bonchev–Trinajstić information content (AvgIpc) is 2.78. The van der Waals surface area contributed by atoms with E-state index in [1.807, 2.05) is 30.3 Å². The lowest BCUT2D eigenvalue weighted by molar-refractivity contribution is 0.0465. The lowest BCUT2D eigenvalue weighted by Crippen LogP contribution is -2.07. The number of esters is 1. The Hall–Kier alpha value is -2.36. The fourth-order valence-electron chi connectivity index (χ4n) is 1.66. The molecule has 0 aliphatic rings. The number of benzene rings is 1. The van der Waals surface area contributed by atoms with E-state index in [-0.39, 0.29) is 6.61 Å². The van der Waals surface area contributed by atoms with Crippen LogP contribution < -0.4 is 0 Å². The van der Waals surface area contributed by atoms with E-state index in [0.717, 1.165) is 5.56 Å². The van der Waals surface area contributed by atoms with Crippen LogP contribution in [0, 0.1) is 6.92 Å². The van der Waals surface area contributed by atoms with Crippen LogP contribution >= 0.6 is 0 Å². The molecule has 0 radical (unpaired) electrons. The minimum absolute atomic E-state index is 0.217. The number of aryl methyl sites for hydroxylation is 1. The van der Waals surface area contributed by atoms with Crippen molar-refractivity contribution in [2.75, 3.05) is 0 Å². The fourth-order valence-corrected chi connectivity index (χ4v) is 1.66. The molecule has 0 aliphatic carbocycles. The maximum absolute atomic E-state index is 11.8. The Labute approximate surface area is 105 Å². The van der Waals surface area contributed by atoms with Gasteiger partial charge in [0.1, 0.15) is 12.3 Å². The summed E-state index contributed by atoms with van der Waals surface area (Å²) >= 11 is 0. The van der Waals surface area contributed by atoms with Gasteiger partial charge in [-0.1, -0.05) is 30.3 Å². The van der Waals surface area contributed by atoms with Crippen molar-refractivity contribution >= 4 is 12.3 Å². The predicted molar refractivity (Wildman–Crippen MR) is 66.5 cm³/mol. The van der Waals surface area contributed by atoms with Crippen LogP contribution in [0.1, 0.15) is 32.1 Å². The summed E-state index contributed by atoms with van der Waals surface area (Å²) in [5.74, 6) is -0.454. The van der Waals surface area contributed by atoms with Gasteiger partial charge in [-0.05, 0) is 24.1 Å². The van der Waals surface area contributed by atoms with Gasteiger partial charge in [0.2, 0.25) is 0 Å². The molecule has 92 valence electrons. The molecule has 1 heterocycles. The van der Waals surface area contributed by atoms with E-state index in [2.05, 4.69) is 4.98 Å². The number of nitrogens with one attached hydrogen (secondary N) is 1. The lowest BCUT2D eigenvalue weighted by atomic mass is 10.2. The molecule has 2 aromatic rings. The highest BCUT2D eigenvalue weighted by atomic mass is 16.5. The zero-order chi connectivity index (χ0) is 13.0. The Balaban J connectivity index is 2.03. The molecule has 0 unspecified atom stereocenters. The van der Waals surface area contributed by atoms with Crippen molar-refractivity contribution in [2.45, 2.75) is 13.5 Å². The van der Waals surface area contributed by atoms with Crippen molar-refractivity contribution in [3.8, 4) is 0 Å². The summed E-state index contributed by atoms with van der Waals surface area (Å²) < 4.78 is 5.17. The van der Waals surface area contributed by atoms with Gasteiger partial charge < -0.3 is 9.72 Å². The number of hydrogen-bond donors (Lipinski definition) is 1. The molecule has 0 aliphatic heterocycles. The zero-order valence-electron chi connectivity index (χ0n) is 9.97. The third-order valence-corrected chi connectivity index (χ3v) is 2.58. The second-order valence-corrected chi connectivity index (χ2v) is 3.96. The monoisotopic (exact) mass is 243 g/mol. The first-order valence-electron chi connectivity index (χ1n) is 5.56. The second-order valence-electron chi connectivity index (χ2n) is 3.96. The number of H-pyrrole nitrogens is 1. The predicted octanol–water partition coefficient (Wildman–Crippen LogP) is 2.49. The van der Waals surface area contributed by atoms with E-state index in [1.165, 1.54) is 0 Å². The third-order valence-electron chi connectivity index (χ3n) is 2.58. The van der Waals surface area contributed by atoms with Gasteiger partial charge in [0.15, 0.2) is 6.29 Å². The molecule has 1 aromatic heterocycles. The highest BCUT2D eigenvalue weighted by molar-refractivity contribution is 5.91. The maximum Gasteiger partial charge on any atom is 0.355 e. The van der Waals surface area contributed by atoms with Crippen molar-refractivity contribution in [3.05, 3.63) is 58.9 Å². The topological polar surface area (TPSA) is 59.2 Å². The van der Waals surface area contributed by atoms with E-state index in [9.17, 15) is 9.59 Å². The Bertz CT molecular complexity index is 558. The summed E-state index contributed by atoms with van der Waals surface area (Å²) in [4.78, 5) is 25.1. The lowest BCUT2D eigenvalue weighted by Gasteiger charge is -2.04. The molecule has 0 saturated carbocycles. The van der Waals surface area contributed by atoms with Gasteiger partial charge in [0.25, 0.3) is 0 Å². The van der Waals surface area contributed by atoms with Gasteiger partial charge >= 0.3 is 5.97 Å². The van der Waals surface area contributed by atoms with Crippen molar-refractivity contribution in [1.29, 1.82) is 0 Å². The molecule has 0 fully saturated rings. The normalized spacial score (nSPS) is 10.1. The molecular formula is C14H13NO3. The number of aromatic nitrogens is 1. The number of ether oxygens (including phenoxy) is 1. The van der Waals surface area contributed by atoms with Crippen molar-refractivity contribution in [3.63, 3.8) is 0 Å². The van der Waals surface area contributed by atoms with Crippen LogP contribution in [-0.4, -0.2) is 17.2 Å². The number of aldehydes is 1. The fraction of sp³-hybridized carbons (Fsp3) is 0.143. The van der Waals surface area contributed by atoms with Gasteiger partial charge in [0, 0.05) is 0 Å². The zero-order valence-corrected chi connectivity index (χ0v) is 9.97. The Kier molecular flexibility index (Phi) is 3.57. The number of rotatable bonds is 4. The van der Waals surface area contributed by atoms with Gasteiger partial charge in [-0.3, -0.25) is 4.79 Å². The first-order chi connectivity index (χ1) is 8.70. The van der Waals surface area contributed by atoms with E-state index >= 15 is 0 Å². The first kappa shape index (κ1) is 12.1. The minimum Gasteiger partial charge on any atom is -0.456 e. The van der Waals surface area contributed by atoms with Crippen LogP contribution in [0.3, 0.4) is 0 Å². The number of carbonyl (C=O) groups excluding carboxylic acids is 2. The quantitative estimate of drug-likeness (QED) is 0.663. The maximum atomic E-state index is 11.8. The highest BCUT2D eigenvalue weighted by Gasteiger charge is 2.13. The molecule has 0 saturated heterocycles. The molecular weight excluding hydrogens is 230 g/mol. The molecule has 4 heteroatoms. The third kappa shape index (κ3) is 2.66. The molecule has 4 nitrogen and oxygen atoms in total. The number of hydrogen-bond acceptors (Lipinski definition) is 3. The highest BCUT2D eigenvalue weighted by Crippen LogP contribution is 2.11. The van der Waals surface area contributed by atoms with Gasteiger partial charge in [0.05, 0.1) is 5.69 Å². The van der Waals surface area contributed by atoms with E-state index in [0.29, 0.717) is 23.2 Å². The molecule has 0 bridgehead atoms. The second kappa shape index (κ2) is 5.31. The molecule has 0 spiro atoms. The Morgan fingerprint density at radius 1 is 1.33 bits per heavy atom. The summed E-state index contributed by atoms with van der Waals surface area (Å²) in [7, 11) is 0. The largest absolute Gasteiger partial charge is 0.456 e. The standard InChI is InChI=1S/C14H13NO3/c1-10-7-12(8-16)15-13(10)14(17)18-9-11-5-3-2-4-6-11/h2-8,15H,9H2,1H3. The van der Waals surface area contributed by atoms with Crippen LogP contribution in [-0.2, 0) is 11.3 Å². The molecule has 0 amide bonds. The molecule has 1 N–H and O–H groups in total. The van der Waals surface area contributed by atoms with E-state index in [4.69, 9.17) is 4.74 Å². The van der Waals surface area contributed by atoms with E-state index < -0.39 is 5.97 Å². The molecule has 2 rings (SSSR count). The Morgan fingerprint density at radius 3 is 2.67 bits per heavy atom. The molecule has 0 atom stereocenters. The number of carbonyl (C=O) groups is 2. The molecule has 1 aromatic carbocycles.